The number of fused-ring (bicyclic) bond motifs is 2. The van der Waals surface area contributed by atoms with Crippen LogP contribution in [0.3, 0.4) is 0 Å². The lowest BCUT2D eigenvalue weighted by Crippen LogP contribution is -2.41. The molecule has 0 saturated heterocycles. The molecule has 0 fully saturated rings. The second kappa shape index (κ2) is 9.97. The van der Waals surface area contributed by atoms with Gasteiger partial charge in [0, 0.05) is 42.1 Å². The van der Waals surface area contributed by atoms with Crippen LogP contribution in [0, 0.1) is 0 Å². The van der Waals surface area contributed by atoms with Crippen molar-refractivity contribution in [3.05, 3.63) is 92.0 Å². The molecule has 12 heteroatoms. The van der Waals surface area contributed by atoms with Gasteiger partial charge in [0.1, 0.15) is 6.54 Å². The molecule has 0 spiro atoms. The zero-order chi connectivity index (χ0) is 27.8. The minimum absolute atomic E-state index is 0.0571. The lowest BCUT2D eigenvalue weighted by Gasteiger charge is -2.28. The van der Waals surface area contributed by atoms with Crippen LogP contribution in [0.15, 0.2) is 64.0 Å². The highest BCUT2D eigenvalue weighted by atomic mass is 16.4. The van der Waals surface area contributed by atoms with Crippen LogP contribution in [-0.2, 0) is 17.8 Å². The van der Waals surface area contributed by atoms with Gasteiger partial charge in [-0.05, 0) is 56.0 Å². The minimum atomic E-state index is -1.22. The van der Waals surface area contributed by atoms with Crippen LogP contribution in [0.1, 0.15) is 41.0 Å². The van der Waals surface area contributed by atoms with Crippen LogP contribution < -0.4 is 21.3 Å². The molecule has 0 aliphatic heterocycles. The number of aromatic amines is 1. The van der Waals surface area contributed by atoms with Gasteiger partial charge in [-0.3, -0.25) is 23.9 Å². The molecule has 2 aliphatic rings. The number of hydrogen-bond donors (Lipinski definition) is 4. The van der Waals surface area contributed by atoms with E-state index in [0.717, 1.165) is 21.4 Å². The SMILES string of the molecule is CN(C(=O)Nc1cccc(C(=O)O)c1)c1ccn(C2=CC3=C(CC2)CCc2[nH]c(=O)c(=O)n(CC(=O)O)c23)c1. The second-order valence-electron chi connectivity index (χ2n) is 9.37. The fourth-order valence-electron chi connectivity index (χ4n) is 4.96. The zero-order valence-electron chi connectivity index (χ0n) is 20.9. The van der Waals surface area contributed by atoms with Crippen LogP contribution in [0.4, 0.5) is 16.2 Å². The van der Waals surface area contributed by atoms with Gasteiger partial charge in [0.25, 0.3) is 0 Å². The summed E-state index contributed by atoms with van der Waals surface area (Å²) in [5.74, 6) is -2.31. The predicted octanol–water partition coefficient (Wildman–Crippen LogP) is 2.82. The fourth-order valence-corrected chi connectivity index (χ4v) is 4.96. The van der Waals surface area contributed by atoms with Gasteiger partial charge in [0.2, 0.25) is 0 Å². The molecule has 0 unspecified atom stereocenters. The van der Waals surface area contributed by atoms with Crippen molar-refractivity contribution in [3.8, 4) is 0 Å². The van der Waals surface area contributed by atoms with Crippen LogP contribution in [0.25, 0.3) is 11.3 Å². The molecule has 2 aromatic heterocycles. The maximum absolute atomic E-state index is 12.8. The van der Waals surface area contributed by atoms with Crippen LogP contribution in [0.5, 0.6) is 0 Å². The van der Waals surface area contributed by atoms with E-state index in [1.54, 1.807) is 37.6 Å². The fraction of sp³-hybridized carbons (Fsp3) is 0.222. The summed E-state index contributed by atoms with van der Waals surface area (Å²) >= 11 is 0. The number of aryl methyl sites for hydroxylation is 1. The summed E-state index contributed by atoms with van der Waals surface area (Å²) in [5, 5.41) is 21.2. The van der Waals surface area contributed by atoms with E-state index in [1.165, 1.54) is 17.0 Å². The normalized spacial score (nSPS) is 14.2. The summed E-state index contributed by atoms with van der Waals surface area (Å²) in [7, 11) is 1.59. The molecule has 200 valence electrons. The minimum Gasteiger partial charge on any atom is -0.480 e. The Morgan fingerprint density at radius 2 is 1.85 bits per heavy atom. The number of aromatic nitrogens is 3. The molecule has 2 amide bonds. The molecule has 12 nitrogen and oxygen atoms in total. The number of urea groups is 1. The third-order valence-electron chi connectivity index (χ3n) is 6.92. The molecule has 1 aromatic carbocycles. The molecular formula is C27H25N5O7. The number of aromatic carboxylic acids is 1. The lowest BCUT2D eigenvalue weighted by molar-refractivity contribution is -0.137. The van der Waals surface area contributed by atoms with E-state index in [0.29, 0.717) is 48.4 Å². The third kappa shape index (κ3) is 4.91. The first-order valence-electron chi connectivity index (χ1n) is 12.2. The summed E-state index contributed by atoms with van der Waals surface area (Å²) < 4.78 is 2.89. The number of H-pyrrole nitrogens is 1. The molecule has 2 heterocycles. The van der Waals surface area contributed by atoms with Crippen molar-refractivity contribution in [1.82, 2.24) is 14.1 Å². The summed E-state index contributed by atoms with van der Waals surface area (Å²) in [6.45, 7) is -0.617. The Kier molecular flexibility index (Phi) is 6.52. The van der Waals surface area contributed by atoms with Crippen molar-refractivity contribution in [2.24, 2.45) is 0 Å². The highest BCUT2D eigenvalue weighted by molar-refractivity contribution is 6.02. The Hall–Kier alpha value is -5.13. The van der Waals surface area contributed by atoms with Gasteiger partial charge in [0.15, 0.2) is 0 Å². The number of carbonyl (C=O) groups excluding carboxylic acids is 1. The number of carbonyl (C=O) groups is 3. The first kappa shape index (κ1) is 25.5. The first-order chi connectivity index (χ1) is 18.6. The van der Waals surface area contributed by atoms with E-state index >= 15 is 0 Å². The highest BCUT2D eigenvalue weighted by Crippen LogP contribution is 2.39. The number of rotatable bonds is 6. The van der Waals surface area contributed by atoms with Crippen molar-refractivity contribution < 1.29 is 24.6 Å². The summed E-state index contributed by atoms with van der Waals surface area (Å²) in [5.41, 5.74) is 2.89. The third-order valence-corrected chi connectivity index (χ3v) is 6.92. The van der Waals surface area contributed by atoms with Gasteiger partial charge in [-0.25, -0.2) is 9.59 Å². The van der Waals surface area contributed by atoms with Crippen molar-refractivity contribution >= 4 is 40.6 Å². The Balaban J connectivity index is 1.43. The van der Waals surface area contributed by atoms with Gasteiger partial charge in [-0.15, -0.1) is 0 Å². The molecule has 0 bridgehead atoms. The average Bonchev–Trinajstić information content (AvgIpc) is 3.40. The lowest BCUT2D eigenvalue weighted by atomic mass is 9.84. The number of hydrogen-bond acceptors (Lipinski definition) is 5. The number of carboxylic acids is 2. The van der Waals surface area contributed by atoms with E-state index in [2.05, 4.69) is 10.3 Å². The molecule has 4 N–H and O–H groups in total. The smallest absolute Gasteiger partial charge is 0.335 e. The summed E-state index contributed by atoms with van der Waals surface area (Å²) in [6.07, 6.45) is 8.05. The Morgan fingerprint density at radius 3 is 2.59 bits per heavy atom. The summed E-state index contributed by atoms with van der Waals surface area (Å²) in [4.78, 5) is 64.2. The van der Waals surface area contributed by atoms with Crippen LogP contribution in [-0.4, -0.2) is 49.3 Å². The number of carboxylic acid groups (broad SMARTS) is 2. The van der Waals surface area contributed by atoms with Gasteiger partial charge in [-0.1, -0.05) is 11.6 Å². The van der Waals surface area contributed by atoms with Crippen molar-refractivity contribution in [1.29, 1.82) is 0 Å². The van der Waals surface area contributed by atoms with Crippen molar-refractivity contribution in [2.75, 3.05) is 17.3 Å². The Labute approximate surface area is 221 Å². The Morgan fingerprint density at radius 1 is 1.08 bits per heavy atom. The molecule has 0 saturated carbocycles. The maximum atomic E-state index is 12.8. The van der Waals surface area contributed by atoms with Gasteiger partial charge in [0.05, 0.1) is 16.9 Å². The van der Waals surface area contributed by atoms with Crippen molar-refractivity contribution in [3.63, 3.8) is 0 Å². The second-order valence-corrected chi connectivity index (χ2v) is 9.37. The van der Waals surface area contributed by atoms with E-state index in [-0.39, 0.29) is 5.56 Å². The molecule has 39 heavy (non-hydrogen) atoms. The first-order valence-corrected chi connectivity index (χ1v) is 12.2. The molecule has 5 rings (SSSR count). The topological polar surface area (TPSA) is 167 Å². The van der Waals surface area contributed by atoms with Gasteiger partial charge < -0.3 is 25.1 Å². The van der Waals surface area contributed by atoms with Crippen molar-refractivity contribution in [2.45, 2.75) is 32.2 Å². The number of benzene rings is 1. The van der Waals surface area contributed by atoms with E-state index < -0.39 is 35.6 Å². The molecule has 0 radical (unpaired) electrons. The van der Waals surface area contributed by atoms with Gasteiger partial charge >= 0.3 is 29.1 Å². The molecular weight excluding hydrogens is 506 g/mol. The largest absolute Gasteiger partial charge is 0.480 e. The number of amides is 2. The highest BCUT2D eigenvalue weighted by Gasteiger charge is 2.27. The number of aliphatic carboxylic acids is 1. The number of nitrogens with one attached hydrogen (secondary N) is 2. The predicted molar refractivity (Wildman–Crippen MR) is 143 cm³/mol. The van der Waals surface area contributed by atoms with E-state index in [4.69, 9.17) is 0 Å². The summed E-state index contributed by atoms with van der Waals surface area (Å²) in [6, 6.07) is 7.25. The standard InChI is InChI=1S/C27H25N5O7/c1-30(27(39)28-17-4-2-3-16(11-17)26(37)38)19-9-10-31(13-19)18-7-5-15-6-8-21-23(20(15)12-18)32(14-22(33)34)25(36)24(35)29-21/h2-4,9-13H,5-8,14H2,1H3,(H,28,39)(H,29,35)(H,33,34)(H,37,38). The molecule has 3 aromatic rings. The monoisotopic (exact) mass is 531 g/mol. The van der Waals surface area contributed by atoms with E-state index in [1.807, 2.05) is 10.6 Å². The van der Waals surface area contributed by atoms with E-state index in [9.17, 15) is 34.2 Å². The molecule has 0 atom stereocenters. The number of nitrogens with zero attached hydrogens (tertiary/aromatic N) is 3. The maximum Gasteiger partial charge on any atom is 0.335 e. The van der Waals surface area contributed by atoms with Crippen LogP contribution in [0.2, 0.25) is 0 Å². The van der Waals surface area contributed by atoms with Gasteiger partial charge in [-0.2, -0.15) is 0 Å². The quantitative estimate of drug-likeness (QED) is 0.355. The number of anilines is 2. The average molecular weight is 532 g/mol. The van der Waals surface area contributed by atoms with Crippen LogP contribution >= 0.6 is 0 Å². The zero-order valence-corrected chi connectivity index (χ0v) is 20.9. The molecule has 2 aliphatic carbocycles. The number of allylic oxidation sites excluding steroid dienone is 4. The Bertz CT molecular complexity index is 1710.